The number of aliphatic hydroxyl groups is 1. The maximum atomic E-state index is 12.2. The van der Waals surface area contributed by atoms with Gasteiger partial charge in [-0.25, -0.2) is 0 Å². The van der Waals surface area contributed by atoms with Crippen molar-refractivity contribution in [1.29, 1.82) is 0 Å². The molecule has 0 unspecified atom stereocenters. The van der Waals surface area contributed by atoms with Gasteiger partial charge in [0.2, 0.25) is 5.91 Å². The largest absolute Gasteiger partial charge is 0.387 e. The van der Waals surface area contributed by atoms with Crippen molar-refractivity contribution < 1.29 is 14.6 Å². The molecule has 1 aliphatic heterocycles. The van der Waals surface area contributed by atoms with Gasteiger partial charge < -0.3 is 14.7 Å². The van der Waals surface area contributed by atoms with Crippen molar-refractivity contribution in [2.45, 2.75) is 37.9 Å². The maximum absolute atomic E-state index is 12.2. The third-order valence-corrected chi connectivity index (χ3v) is 5.09. The lowest BCUT2D eigenvalue weighted by Gasteiger charge is -2.35. The third kappa shape index (κ3) is 4.79. The molecule has 1 aliphatic carbocycles. The summed E-state index contributed by atoms with van der Waals surface area (Å²) < 4.78 is 5.72. The van der Waals surface area contributed by atoms with Crippen molar-refractivity contribution in [3.05, 3.63) is 35.9 Å². The first kappa shape index (κ1) is 17.4. The van der Waals surface area contributed by atoms with Gasteiger partial charge in [-0.15, -0.1) is 0 Å². The van der Waals surface area contributed by atoms with Crippen molar-refractivity contribution in [3.63, 3.8) is 0 Å². The molecule has 0 bridgehead atoms. The van der Waals surface area contributed by atoms with E-state index < -0.39 is 6.10 Å². The fourth-order valence-electron chi connectivity index (χ4n) is 3.54. The van der Waals surface area contributed by atoms with Crippen LogP contribution in [-0.4, -0.2) is 66.2 Å². The van der Waals surface area contributed by atoms with Gasteiger partial charge in [0.1, 0.15) is 6.61 Å². The first-order valence-corrected chi connectivity index (χ1v) is 9.07. The minimum atomic E-state index is -0.473. The number of nitrogens with zero attached hydrogens (tertiary/aromatic N) is 2. The number of hydrogen-bond acceptors (Lipinski definition) is 4. The molecule has 1 atom stereocenters. The van der Waals surface area contributed by atoms with E-state index in [1.54, 1.807) is 0 Å². The van der Waals surface area contributed by atoms with Gasteiger partial charge in [0.05, 0.1) is 12.2 Å². The molecule has 2 fully saturated rings. The van der Waals surface area contributed by atoms with E-state index in [0.717, 1.165) is 31.5 Å². The lowest BCUT2D eigenvalue weighted by atomic mass is 10.1. The number of piperazine rings is 1. The fourth-order valence-corrected chi connectivity index (χ4v) is 3.54. The van der Waals surface area contributed by atoms with Crippen molar-refractivity contribution in [3.8, 4) is 0 Å². The molecule has 0 spiro atoms. The zero-order valence-electron chi connectivity index (χ0n) is 14.3. The highest BCUT2D eigenvalue weighted by Crippen LogP contribution is 2.21. The van der Waals surface area contributed by atoms with E-state index >= 15 is 0 Å². The minimum absolute atomic E-state index is 0.102. The van der Waals surface area contributed by atoms with Gasteiger partial charge in [0.15, 0.2) is 0 Å². The standard InChI is InChI=1S/C19H28N2O3/c22-18(16-6-2-1-3-7-16)14-20-10-12-21(13-11-20)19(23)15-24-17-8-4-5-9-17/h1-3,6-7,17-18,22H,4-5,8-15H2/t18-/m0/s1. The average Bonchev–Trinajstić information content (AvgIpc) is 3.14. The Labute approximate surface area is 144 Å². The van der Waals surface area contributed by atoms with Crippen LogP contribution in [0.4, 0.5) is 0 Å². The highest BCUT2D eigenvalue weighted by atomic mass is 16.5. The first-order chi connectivity index (χ1) is 11.7. The summed E-state index contributed by atoms with van der Waals surface area (Å²) >= 11 is 0. The minimum Gasteiger partial charge on any atom is -0.387 e. The first-order valence-electron chi connectivity index (χ1n) is 9.07. The van der Waals surface area contributed by atoms with E-state index in [1.165, 1.54) is 12.8 Å². The molecule has 1 heterocycles. The molecule has 3 rings (SSSR count). The Balaban J connectivity index is 1.38. The molecule has 24 heavy (non-hydrogen) atoms. The molecule has 0 aromatic heterocycles. The maximum Gasteiger partial charge on any atom is 0.248 e. The van der Waals surface area contributed by atoms with Crippen LogP contribution in [0.25, 0.3) is 0 Å². The summed E-state index contributed by atoms with van der Waals surface area (Å²) in [6, 6.07) is 9.74. The Hall–Kier alpha value is -1.43. The lowest BCUT2D eigenvalue weighted by Crippen LogP contribution is -2.50. The predicted molar refractivity (Wildman–Crippen MR) is 92.6 cm³/mol. The Morgan fingerprint density at radius 3 is 2.46 bits per heavy atom. The van der Waals surface area contributed by atoms with Crippen LogP contribution in [0.1, 0.15) is 37.4 Å². The zero-order chi connectivity index (χ0) is 16.8. The van der Waals surface area contributed by atoms with Gasteiger partial charge in [-0.1, -0.05) is 43.2 Å². The SMILES string of the molecule is O=C(COC1CCCC1)N1CCN(C[C@H](O)c2ccccc2)CC1. The molecule has 5 heteroatoms. The molecular formula is C19H28N2O3. The van der Waals surface area contributed by atoms with Gasteiger partial charge in [0, 0.05) is 32.7 Å². The second-order valence-electron chi connectivity index (χ2n) is 6.83. The van der Waals surface area contributed by atoms with E-state index in [-0.39, 0.29) is 18.6 Å². The van der Waals surface area contributed by atoms with E-state index in [0.29, 0.717) is 19.6 Å². The Bertz CT molecular complexity index is 509. The lowest BCUT2D eigenvalue weighted by molar-refractivity contribution is -0.140. The number of aliphatic hydroxyl groups excluding tert-OH is 1. The van der Waals surface area contributed by atoms with Crippen molar-refractivity contribution in [1.82, 2.24) is 9.80 Å². The number of rotatable bonds is 6. The topological polar surface area (TPSA) is 53.0 Å². The van der Waals surface area contributed by atoms with E-state index in [1.807, 2.05) is 35.2 Å². The molecule has 5 nitrogen and oxygen atoms in total. The van der Waals surface area contributed by atoms with Crippen LogP contribution in [0.15, 0.2) is 30.3 Å². The predicted octanol–water partition coefficient (Wildman–Crippen LogP) is 1.82. The third-order valence-electron chi connectivity index (χ3n) is 5.09. The molecule has 1 aromatic carbocycles. The van der Waals surface area contributed by atoms with Crippen LogP contribution in [0, 0.1) is 0 Å². The van der Waals surface area contributed by atoms with Gasteiger partial charge >= 0.3 is 0 Å². The fraction of sp³-hybridized carbons (Fsp3) is 0.632. The van der Waals surface area contributed by atoms with Crippen LogP contribution in [-0.2, 0) is 9.53 Å². The van der Waals surface area contributed by atoms with Crippen LogP contribution in [0.3, 0.4) is 0 Å². The molecule has 132 valence electrons. The zero-order valence-corrected chi connectivity index (χ0v) is 14.3. The number of amides is 1. The second kappa shape index (κ2) is 8.60. The monoisotopic (exact) mass is 332 g/mol. The van der Waals surface area contributed by atoms with Crippen LogP contribution >= 0.6 is 0 Å². The molecule has 1 aromatic rings. The molecular weight excluding hydrogens is 304 g/mol. The van der Waals surface area contributed by atoms with Gasteiger partial charge in [-0.3, -0.25) is 9.69 Å². The summed E-state index contributed by atoms with van der Waals surface area (Å²) in [7, 11) is 0. The van der Waals surface area contributed by atoms with Crippen molar-refractivity contribution in [2.24, 2.45) is 0 Å². The molecule has 2 aliphatic rings. The quantitative estimate of drug-likeness (QED) is 0.863. The number of β-amino-alcohol motifs (C(OH)–C–C–N with tert-alkyl or cyclic N) is 1. The van der Waals surface area contributed by atoms with Crippen LogP contribution < -0.4 is 0 Å². The van der Waals surface area contributed by atoms with Crippen LogP contribution in [0.5, 0.6) is 0 Å². The highest BCUT2D eigenvalue weighted by Gasteiger charge is 2.24. The number of ether oxygens (including phenoxy) is 1. The summed E-state index contributed by atoms with van der Waals surface area (Å²) in [4.78, 5) is 16.3. The van der Waals surface area contributed by atoms with E-state index in [2.05, 4.69) is 4.90 Å². The highest BCUT2D eigenvalue weighted by molar-refractivity contribution is 5.77. The second-order valence-corrected chi connectivity index (χ2v) is 6.83. The van der Waals surface area contributed by atoms with E-state index in [4.69, 9.17) is 4.74 Å². The van der Waals surface area contributed by atoms with Gasteiger partial charge in [-0.2, -0.15) is 0 Å². The Morgan fingerprint density at radius 1 is 1.12 bits per heavy atom. The molecule has 0 radical (unpaired) electrons. The number of benzene rings is 1. The van der Waals surface area contributed by atoms with Crippen LogP contribution in [0.2, 0.25) is 0 Å². The summed E-state index contributed by atoms with van der Waals surface area (Å²) in [5.74, 6) is 0.102. The normalized spacial score (nSPS) is 21.1. The Kier molecular flexibility index (Phi) is 6.24. The van der Waals surface area contributed by atoms with Gasteiger partial charge in [0.25, 0.3) is 0 Å². The smallest absolute Gasteiger partial charge is 0.248 e. The number of hydrogen-bond donors (Lipinski definition) is 1. The summed E-state index contributed by atoms with van der Waals surface area (Å²) in [6.07, 6.45) is 4.45. The van der Waals surface area contributed by atoms with E-state index in [9.17, 15) is 9.90 Å². The molecule has 1 amide bonds. The summed E-state index contributed by atoms with van der Waals surface area (Å²) in [5, 5.41) is 10.3. The van der Waals surface area contributed by atoms with Crippen molar-refractivity contribution in [2.75, 3.05) is 39.3 Å². The van der Waals surface area contributed by atoms with Crippen molar-refractivity contribution >= 4 is 5.91 Å². The molecule has 1 saturated carbocycles. The summed E-state index contributed by atoms with van der Waals surface area (Å²) in [6.45, 7) is 3.88. The number of carbonyl (C=O) groups is 1. The molecule has 1 saturated heterocycles. The average molecular weight is 332 g/mol. The molecule has 1 N–H and O–H groups in total. The Morgan fingerprint density at radius 2 is 1.79 bits per heavy atom. The number of carbonyl (C=O) groups excluding carboxylic acids is 1. The van der Waals surface area contributed by atoms with Gasteiger partial charge in [-0.05, 0) is 18.4 Å². The summed E-state index contributed by atoms with van der Waals surface area (Å²) in [5.41, 5.74) is 0.945.